The summed E-state index contributed by atoms with van der Waals surface area (Å²) in [6, 6.07) is 13.0. The summed E-state index contributed by atoms with van der Waals surface area (Å²) >= 11 is 1.25. The van der Waals surface area contributed by atoms with Gasteiger partial charge in [0.25, 0.3) is 5.56 Å². The van der Waals surface area contributed by atoms with Crippen LogP contribution in [-0.4, -0.2) is 33.4 Å². The van der Waals surface area contributed by atoms with Gasteiger partial charge in [-0.3, -0.25) is 14.2 Å². The Morgan fingerprint density at radius 3 is 2.72 bits per heavy atom. The van der Waals surface area contributed by atoms with E-state index in [0.717, 1.165) is 18.4 Å². The van der Waals surface area contributed by atoms with Crippen molar-refractivity contribution in [2.24, 2.45) is 0 Å². The molecule has 2 heterocycles. The lowest BCUT2D eigenvalue weighted by molar-refractivity contribution is -0.120. The van der Waals surface area contributed by atoms with Crippen LogP contribution in [0, 0.1) is 5.82 Å². The van der Waals surface area contributed by atoms with Crippen molar-refractivity contribution in [3.8, 4) is 0 Å². The Balaban J connectivity index is 1.55. The van der Waals surface area contributed by atoms with Gasteiger partial charge in [-0.05, 0) is 56.5 Å². The molecule has 6 nitrogen and oxygen atoms in total. The Kier molecular flexibility index (Phi) is 6.91. The highest BCUT2D eigenvalue weighted by Crippen LogP contribution is 2.25. The van der Waals surface area contributed by atoms with E-state index in [-0.39, 0.29) is 29.4 Å². The quantitative estimate of drug-likeness (QED) is 0.429. The Morgan fingerprint density at radius 2 is 2.00 bits per heavy atom. The number of halogens is 1. The van der Waals surface area contributed by atoms with Gasteiger partial charge in [0.2, 0.25) is 5.91 Å². The summed E-state index contributed by atoms with van der Waals surface area (Å²) < 4.78 is 20.5. The van der Waals surface area contributed by atoms with Crippen LogP contribution in [-0.2, 0) is 16.1 Å². The average Bonchev–Trinajstić information content (AvgIpc) is 3.30. The van der Waals surface area contributed by atoms with Crippen molar-refractivity contribution < 1.29 is 13.9 Å². The topological polar surface area (TPSA) is 73.2 Å². The minimum Gasteiger partial charge on any atom is -0.376 e. The number of aromatic nitrogens is 2. The summed E-state index contributed by atoms with van der Waals surface area (Å²) in [5, 5.41) is 3.53. The number of carbonyl (C=O) groups excluding carboxylic acids is 1. The second kappa shape index (κ2) is 9.83. The third kappa shape index (κ3) is 5.02. The molecule has 0 radical (unpaired) electrons. The maximum Gasteiger partial charge on any atom is 0.262 e. The highest BCUT2D eigenvalue weighted by molar-refractivity contribution is 8.00. The monoisotopic (exact) mass is 455 g/mol. The number of fused-ring (bicyclic) bond motifs is 1. The molecule has 0 saturated carbocycles. The summed E-state index contributed by atoms with van der Waals surface area (Å²) in [4.78, 5) is 30.8. The summed E-state index contributed by atoms with van der Waals surface area (Å²) in [6.07, 6.45) is 1.84. The van der Waals surface area contributed by atoms with E-state index in [4.69, 9.17) is 9.72 Å². The van der Waals surface area contributed by atoms with Gasteiger partial charge in [-0.15, -0.1) is 0 Å². The largest absolute Gasteiger partial charge is 0.376 e. The number of hydrogen-bond acceptors (Lipinski definition) is 5. The van der Waals surface area contributed by atoms with E-state index in [9.17, 15) is 14.0 Å². The van der Waals surface area contributed by atoms with Crippen molar-refractivity contribution in [3.05, 3.63) is 70.3 Å². The number of rotatable bonds is 7. The van der Waals surface area contributed by atoms with Crippen molar-refractivity contribution in [2.45, 2.75) is 55.8 Å². The smallest absolute Gasteiger partial charge is 0.262 e. The van der Waals surface area contributed by atoms with Crippen LogP contribution in [0.3, 0.4) is 0 Å². The molecule has 168 valence electrons. The number of ether oxygens (including phenoxy) is 1. The standard InChI is InChI=1S/C24H26FN3O3S/c1-15(17-9-11-18(25)12-10-17)26-22(29)16(2)32-24-27-21-8-4-3-7-20(21)23(30)28(24)14-19-6-5-13-31-19/h3-4,7-12,15-16,19H,5-6,13-14H2,1-2H3,(H,26,29). The molecule has 3 unspecified atom stereocenters. The van der Waals surface area contributed by atoms with Crippen molar-refractivity contribution in [3.63, 3.8) is 0 Å². The van der Waals surface area contributed by atoms with Gasteiger partial charge in [0.15, 0.2) is 5.16 Å². The fourth-order valence-corrected chi connectivity index (χ4v) is 4.69. The van der Waals surface area contributed by atoms with Gasteiger partial charge in [-0.2, -0.15) is 0 Å². The first-order valence-electron chi connectivity index (χ1n) is 10.8. The lowest BCUT2D eigenvalue weighted by atomic mass is 10.1. The van der Waals surface area contributed by atoms with E-state index >= 15 is 0 Å². The summed E-state index contributed by atoms with van der Waals surface area (Å²) in [6.45, 7) is 4.75. The number of nitrogens with one attached hydrogen (secondary N) is 1. The Hall–Kier alpha value is -2.71. The number of thioether (sulfide) groups is 1. The zero-order valence-corrected chi connectivity index (χ0v) is 18.9. The SMILES string of the molecule is CC(Sc1nc2ccccc2c(=O)n1CC1CCCO1)C(=O)NC(C)c1ccc(F)cc1. The number of nitrogens with zero attached hydrogens (tertiary/aromatic N) is 2. The van der Waals surface area contributed by atoms with Gasteiger partial charge in [-0.25, -0.2) is 9.37 Å². The number of benzene rings is 2. The van der Waals surface area contributed by atoms with Gasteiger partial charge in [0.1, 0.15) is 5.82 Å². The van der Waals surface area contributed by atoms with E-state index < -0.39 is 5.25 Å². The van der Waals surface area contributed by atoms with Gasteiger partial charge >= 0.3 is 0 Å². The van der Waals surface area contributed by atoms with Gasteiger partial charge in [-0.1, -0.05) is 36.0 Å². The van der Waals surface area contributed by atoms with Gasteiger partial charge in [0, 0.05) is 6.61 Å². The van der Waals surface area contributed by atoms with Crippen LogP contribution < -0.4 is 10.9 Å². The first-order chi connectivity index (χ1) is 15.4. The van der Waals surface area contributed by atoms with Crippen molar-refractivity contribution in [1.29, 1.82) is 0 Å². The molecule has 2 aromatic carbocycles. The molecule has 1 saturated heterocycles. The van der Waals surface area contributed by atoms with Crippen LogP contribution in [0.2, 0.25) is 0 Å². The van der Waals surface area contributed by atoms with E-state index in [2.05, 4.69) is 5.32 Å². The first kappa shape index (κ1) is 22.5. The molecular formula is C24H26FN3O3S. The normalized spacial score (nSPS) is 17.9. The summed E-state index contributed by atoms with van der Waals surface area (Å²) in [5.41, 5.74) is 1.30. The van der Waals surface area contributed by atoms with E-state index in [0.29, 0.717) is 29.2 Å². The molecule has 4 rings (SSSR count). The van der Waals surface area contributed by atoms with Crippen LogP contribution in [0.1, 0.15) is 38.3 Å². The van der Waals surface area contributed by atoms with Crippen molar-refractivity contribution >= 4 is 28.6 Å². The molecule has 1 aromatic heterocycles. The van der Waals surface area contributed by atoms with Crippen LogP contribution in [0.4, 0.5) is 4.39 Å². The molecule has 0 bridgehead atoms. The van der Waals surface area contributed by atoms with Crippen molar-refractivity contribution in [1.82, 2.24) is 14.9 Å². The van der Waals surface area contributed by atoms with Gasteiger partial charge < -0.3 is 10.1 Å². The first-order valence-corrected chi connectivity index (χ1v) is 11.6. The molecule has 3 atom stereocenters. The molecule has 0 aliphatic carbocycles. The third-order valence-electron chi connectivity index (χ3n) is 5.62. The third-order valence-corrected chi connectivity index (χ3v) is 6.71. The zero-order valence-electron chi connectivity index (χ0n) is 18.1. The molecule has 32 heavy (non-hydrogen) atoms. The van der Waals surface area contributed by atoms with E-state index in [1.807, 2.05) is 19.1 Å². The maximum atomic E-state index is 13.2. The molecule has 1 aliphatic heterocycles. The number of amides is 1. The maximum absolute atomic E-state index is 13.2. The zero-order chi connectivity index (χ0) is 22.7. The number of para-hydroxylation sites is 1. The average molecular weight is 456 g/mol. The fourth-order valence-electron chi connectivity index (χ4n) is 3.77. The second-order valence-corrected chi connectivity index (χ2v) is 9.31. The predicted molar refractivity (Wildman–Crippen MR) is 123 cm³/mol. The molecule has 1 amide bonds. The second-order valence-electron chi connectivity index (χ2n) is 8.00. The summed E-state index contributed by atoms with van der Waals surface area (Å²) in [7, 11) is 0. The lowest BCUT2D eigenvalue weighted by Crippen LogP contribution is -2.34. The highest BCUT2D eigenvalue weighted by atomic mass is 32.2. The molecule has 1 N–H and O–H groups in total. The Bertz CT molecular complexity index is 1160. The van der Waals surface area contributed by atoms with E-state index in [1.165, 1.54) is 23.9 Å². The molecule has 1 fully saturated rings. The summed E-state index contributed by atoms with van der Waals surface area (Å²) in [5.74, 6) is -0.499. The number of carbonyl (C=O) groups is 1. The Labute approximate surface area is 190 Å². The molecule has 0 spiro atoms. The molecule has 1 aliphatic rings. The molecule has 8 heteroatoms. The van der Waals surface area contributed by atoms with Gasteiger partial charge in [0.05, 0.1) is 34.8 Å². The highest BCUT2D eigenvalue weighted by Gasteiger charge is 2.24. The van der Waals surface area contributed by atoms with Crippen LogP contribution in [0.15, 0.2) is 58.5 Å². The van der Waals surface area contributed by atoms with Crippen LogP contribution >= 0.6 is 11.8 Å². The van der Waals surface area contributed by atoms with E-state index in [1.54, 1.807) is 35.8 Å². The number of hydrogen-bond donors (Lipinski definition) is 1. The molecule has 3 aromatic rings. The lowest BCUT2D eigenvalue weighted by Gasteiger charge is -2.20. The van der Waals surface area contributed by atoms with Crippen LogP contribution in [0.5, 0.6) is 0 Å². The minimum absolute atomic E-state index is 0.0300. The molecular weight excluding hydrogens is 429 g/mol. The van der Waals surface area contributed by atoms with Crippen molar-refractivity contribution in [2.75, 3.05) is 6.61 Å². The van der Waals surface area contributed by atoms with Crippen LogP contribution in [0.25, 0.3) is 10.9 Å². The predicted octanol–water partition coefficient (Wildman–Crippen LogP) is 4.07. The Morgan fingerprint density at radius 1 is 1.25 bits per heavy atom. The fraction of sp³-hybridized carbons (Fsp3) is 0.375. The minimum atomic E-state index is -0.485.